The number of hydrogen-bond donors (Lipinski definition) is 1. The fraction of sp³-hybridized carbons (Fsp3) is 0.714. The highest BCUT2D eigenvalue weighted by atomic mass is 16.5. The van der Waals surface area contributed by atoms with E-state index in [1.807, 2.05) is 13.8 Å². The van der Waals surface area contributed by atoms with Crippen LogP contribution >= 0.6 is 0 Å². The zero-order valence-electron chi connectivity index (χ0n) is 11.7. The summed E-state index contributed by atoms with van der Waals surface area (Å²) >= 11 is 0. The lowest BCUT2D eigenvalue weighted by Crippen LogP contribution is -2.42. The quantitative estimate of drug-likeness (QED) is 0.910. The fourth-order valence-corrected chi connectivity index (χ4v) is 2.74. The van der Waals surface area contributed by atoms with E-state index in [9.17, 15) is 9.90 Å². The third-order valence-electron chi connectivity index (χ3n) is 3.94. The van der Waals surface area contributed by atoms with Gasteiger partial charge in [-0.2, -0.15) is 0 Å². The van der Waals surface area contributed by atoms with Crippen LogP contribution in [-0.4, -0.2) is 33.7 Å². The van der Waals surface area contributed by atoms with E-state index in [4.69, 9.17) is 4.52 Å². The molecule has 1 saturated heterocycles. The highest BCUT2D eigenvalue weighted by Crippen LogP contribution is 2.22. The summed E-state index contributed by atoms with van der Waals surface area (Å²) in [6, 6.07) is -0.381. The molecule has 19 heavy (non-hydrogen) atoms. The molecule has 0 amide bonds. The number of aromatic nitrogens is 1. The monoisotopic (exact) mass is 266 g/mol. The Hall–Kier alpha value is -1.36. The molecule has 1 aromatic heterocycles. The number of hydrogen-bond acceptors (Lipinski definition) is 4. The summed E-state index contributed by atoms with van der Waals surface area (Å²) in [5, 5.41) is 13.4. The predicted molar refractivity (Wildman–Crippen MR) is 70.9 cm³/mol. The number of nitrogens with zero attached hydrogens (tertiary/aromatic N) is 2. The molecule has 5 nitrogen and oxygen atoms in total. The zero-order chi connectivity index (χ0) is 13.8. The fourth-order valence-electron chi connectivity index (χ4n) is 2.74. The number of carbonyl (C=O) groups is 1. The van der Waals surface area contributed by atoms with Gasteiger partial charge in [0.1, 0.15) is 11.8 Å². The van der Waals surface area contributed by atoms with E-state index in [0.717, 1.165) is 49.2 Å². The van der Waals surface area contributed by atoms with Gasteiger partial charge >= 0.3 is 5.97 Å². The number of aliphatic carboxylic acids is 1. The van der Waals surface area contributed by atoms with Crippen molar-refractivity contribution < 1.29 is 14.4 Å². The highest BCUT2D eigenvalue weighted by Gasteiger charge is 2.27. The molecule has 0 spiro atoms. The Balaban J connectivity index is 2.15. The van der Waals surface area contributed by atoms with Crippen molar-refractivity contribution in [1.82, 2.24) is 10.1 Å². The average molecular weight is 266 g/mol. The Bertz CT molecular complexity index is 422. The van der Waals surface area contributed by atoms with Crippen LogP contribution < -0.4 is 0 Å². The Morgan fingerprint density at radius 2 is 2.11 bits per heavy atom. The maximum Gasteiger partial charge on any atom is 0.320 e. The lowest BCUT2D eigenvalue weighted by Gasteiger charge is -2.30. The van der Waals surface area contributed by atoms with E-state index in [1.54, 1.807) is 0 Å². The molecule has 0 saturated carbocycles. The average Bonchev–Trinajstić information content (AvgIpc) is 2.63. The molecule has 2 heterocycles. The van der Waals surface area contributed by atoms with Crippen LogP contribution in [0.3, 0.4) is 0 Å². The molecule has 2 rings (SSSR count). The number of aryl methyl sites for hydroxylation is 2. The van der Waals surface area contributed by atoms with E-state index in [1.165, 1.54) is 6.42 Å². The predicted octanol–water partition coefficient (Wildman–Crippen LogP) is 2.51. The van der Waals surface area contributed by atoms with Gasteiger partial charge in [0, 0.05) is 12.1 Å². The van der Waals surface area contributed by atoms with Crippen LogP contribution in [0.25, 0.3) is 0 Å². The summed E-state index contributed by atoms with van der Waals surface area (Å²) in [5.41, 5.74) is 1.90. The van der Waals surface area contributed by atoms with Crippen LogP contribution in [0.4, 0.5) is 0 Å². The van der Waals surface area contributed by atoms with E-state index < -0.39 is 5.97 Å². The minimum Gasteiger partial charge on any atom is -0.480 e. The molecule has 106 valence electrons. The van der Waals surface area contributed by atoms with Crippen molar-refractivity contribution in [3.63, 3.8) is 0 Å². The van der Waals surface area contributed by atoms with Crippen molar-refractivity contribution in [2.24, 2.45) is 0 Å². The first-order valence-electron chi connectivity index (χ1n) is 6.98. The van der Waals surface area contributed by atoms with Crippen LogP contribution in [0.1, 0.15) is 49.1 Å². The molecule has 5 heteroatoms. The maximum atomic E-state index is 11.4. The van der Waals surface area contributed by atoms with Gasteiger partial charge < -0.3 is 9.63 Å². The molecule has 1 N–H and O–H groups in total. The Morgan fingerprint density at radius 1 is 1.37 bits per heavy atom. The maximum absolute atomic E-state index is 11.4. The molecule has 1 fully saturated rings. The second-order valence-electron chi connectivity index (χ2n) is 5.33. The first-order chi connectivity index (χ1) is 9.09. The van der Waals surface area contributed by atoms with Crippen LogP contribution in [-0.2, 0) is 11.3 Å². The third kappa shape index (κ3) is 3.35. The third-order valence-corrected chi connectivity index (χ3v) is 3.94. The number of likely N-dealkylation sites (tertiary alicyclic amines) is 1. The smallest absolute Gasteiger partial charge is 0.320 e. The molecule has 0 radical (unpaired) electrons. The van der Waals surface area contributed by atoms with Gasteiger partial charge in [-0.3, -0.25) is 9.69 Å². The zero-order valence-corrected chi connectivity index (χ0v) is 11.7. The van der Waals surface area contributed by atoms with Crippen LogP contribution in [0.15, 0.2) is 4.52 Å². The summed E-state index contributed by atoms with van der Waals surface area (Å²) < 4.78 is 5.16. The largest absolute Gasteiger partial charge is 0.480 e. The van der Waals surface area contributed by atoms with Gasteiger partial charge in [0.25, 0.3) is 0 Å². The van der Waals surface area contributed by atoms with Crippen LogP contribution in [0.5, 0.6) is 0 Å². The van der Waals surface area contributed by atoms with Gasteiger partial charge in [0.15, 0.2) is 0 Å². The van der Waals surface area contributed by atoms with Gasteiger partial charge in [0.2, 0.25) is 0 Å². The first kappa shape index (κ1) is 14.1. The molecular weight excluding hydrogens is 244 g/mol. The van der Waals surface area contributed by atoms with Crippen LogP contribution in [0.2, 0.25) is 0 Å². The molecular formula is C14H22N2O3. The Labute approximate surface area is 113 Å². The summed E-state index contributed by atoms with van der Waals surface area (Å²) in [6.07, 6.45) is 5.12. The summed E-state index contributed by atoms with van der Waals surface area (Å²) in [5.74, 6) is 0.0809. The molecule has 0 bridgehead atoms. The van der Waals surface area contributed by atoms with Gasteiger partial charge in [-0.15, -0.1) is 0 Å². The normalized spacial score (nSPS) is 21.9. The molecule has 1 aliphatic heterocycles. The summed E-state index contributed by atoms with van der Waals surface area (Å²) in [4.78, 5) is 13.5. The number of rotatable bonds is 3. The Kier molecular flexibility index (Phi) is 4.58. The van der Waals surface area contributed by atoms with Crippen molar-refractivity contribution in [2.45, 2.75) is 58.5 Å². The van der Waals surface area contributed by atoms with Crippen molar-refractivity contribution in [2.75, 3.05) is 6.54 Å². The van der Waals surface area contributed by atoms with E-state index in [0.29, 0.717) is 6.54 Å². The standard InChI is InChI=1S/C14H22N2O3/c1-10-12(11(2)19-15-10)9-16-8-6-4-3-5-7-13(16)14(17)18/h13H,3-9H2,1-2H3,(H,17,18). The SMILES string of the molecule is Cc1noc(C)c1CN1CCCCCCC1C(=O)O. The number of carboxylic acid groups (broad SMARTS) is 1. The van der Waals surface area contributed by atoms with Gasteiger partial charge in [-0.1, -0.05) is 24.4 Å². The molecule has 1 unspecified atom stereocenters. The topological polar surface area (TPSA) is 66.6 Å². The first-order valence-corrected chi connectivity index (χ1v) is 6.98. The molecule has 1 aliphatic rings. The van der Waals surface area contributed by atoms with Crippen LogP contribution in [0, 0.1) is 13.8 Å². The van der Waals surface area contributed by atoms with Crippen molar-refractivity contribution in [1.29, 1.82) is 0 Å². The molecule has 0 aliphatic carbocycles. The van der Waals surface area contributed by atoms with E-state index in [2.05, 4.69) is 10.1 Å². The number of carboxylic acids is 1. The molecule has 0 aromatic carbocycles. The van der Waals surface area contributed by atoms with Gasteiger partial charge in [-0.05, 0) is 33.2 Å². The van der Waals surface area contributed by atoms with Gasteiger partial charge in [0.05, 0.1) is 5.69 Å². The molecule has 1 atom stereocenters. The summed E-state index contributed by atoms with van der Waals surface area (Å²) in [6.45, 7) is 5.25. The lowest BCUT2D eigenvalue weighted by molar-refractivity contribution is -0.144. The van der Waals surface area contributed by atoms with Crippen molar-refractivity contribution in [3.8, 4) is 0 Å². The molecule has 1 aromatic rings. The van der Waals surface area contributed by atoms with E-state index >= 15 is 0 Å². The second-order valence-corrected chi connectivity index (χ2v) is 5.33. The van der Waals surface area contributed by atoms with Crippen molar-refractivity contribution in [3.05, 3.63) is 17.0 Å². The minimum absolute atomic E-state index is 0.381. The van der Waals surface area contributed by atoms with Gasteiger partial charge in [-0.25, -0.2) is 0 Å². The Morgan fingerprint density at radius 3 is 2.74 bits per heavy atom. The second kappa shape index (κ2) is 6.19. The summed E-state index contributed by atoms with van der Waals surface area (Å²) in [7, 11) is 0. The minimum atomic E-state index is -0.714. The van der Waals surface area contributed by atoms with E-state index in [-0.39, 0.29) is 6.04 Å². The lowest BCUT2D eigenvalue weighted by atomic mass is 10.0. The highest BCUT2D eigenvalue weighted by molar-refractivity contribution is 5.73. The van der Waals surface area contributed by atoms with Crippen molar-refractivity contribution >= 4 is 5.97 Å².